The molecule has 0 aliphatic rings. The maximum absolute atomic E-state index is 13.2. The van der Waals surface area contributed by atoms with Gasteiger partial charge in [0.15, 0.2) is 5.43 Å². The lowest BCUT2D eigenvalue weighted by Gasteiger charge is -2.08. The Balaban J connectivity index is 1.94. The van der Waals surface area contributed by atoms with Crippen molar-refractivity contribution in [2.45, 2.75) is 0 Å². The Morgan fingerprint density at radius 1 is 0.840 bits per heavy atom. The number of benzene rings is 3. The minimum atomic E-state index is -0.293. The minimum Gasteiger partial charge on any atom is -0.456 e. The fraction of sp³-hybridized carbons (Fsp3) is 0. The molecule has 4 aromatic rings. The van der Waals surface area contributed by atoms with E-state index in [1.807, 2.05) is 30.3 Å². The van der Waals surface area contributed by atoms with Crippen LogP contribution in [0.2, 0.25) is 0 Å². The Bertz CT molecular complexity index is 1120. The number of rotatable bonds is 2. The first-order chi connectivity index (χ1) is 12.1. The molecule has 1 aromatic heterocycles. The Hall–Kier alpha value is -2.72. The van der Waals surface area contributed by atoms with Crippen molar-refractivity contribution in [1.82, 2.24) is 0 Å². The summed E-state index contributed by atoms with van der Waals surface area (Å²) in [5.74, 6) is 0.226. The first kappa shape index (κ1) is 15.8. The number of hydrogen-bond donors (Lipinski definition) is 0. The van der Waals surface area contributed by atoms with E-state index in [4.69, 9.17) is 4.42 Å². The van der Waals surface area contributed by atoms with Crippen molar-refractivity contribution < 1.29 is 8.81 Å². The molecule has 0 unspecified atom stereocenters. The summed E-state index contributed by atoms with van der Waals surface area (Å²) < 4.78 is 19.9. The van der Waals surface area contributed by atoms with Crippen LogP contribution in [0.25, 0.3) is 33.4 Å². The number of hydrogen-bond acceptors (Lipinski definition) is 2. The molecule has 122 valence electrons. The molecule has 0 atom stereocenters. The van der Waals surface area contributed by atoms with Gasteiger partial charge in [0.05, 0.1) is 5.39 Å². The van der Waals surface area contributed by atoms with Crippen molar-refractivity contribution in [1.29, 1.82) is 0 Å². The molecule has 0 aliphatic heterocycles. The van der Waals surface area contributed by atoms with Crippen LogP contribution >= 0.6 is 15.9 Å². The molecule has 0 bridgehead atoms. The second-order valence-electron chi connectivity index (χ2n) is 5.68. The summed E-state index contributed by atoms with van der Waals surface area (Å²) in [7, 11) is 0. The van der Waals surface area contributed by atoms with Gasteiger partial charge < -0.3 is 4.42 Å². The zero-order chi connectivity index (χ0) is 17.4. The monoisotopic (exact) mass is 394 g/mol. The molecular formula is C21H12BrFO2. The molecule has 0 N–H and O–H groups in total. The van der Waals surface area contributed by atoms with Gasteiger partial charge in [-0.1, -0.05) is 58.4 Å². The highest BCUT2D eigenvalue weighted by atomic mass is 79.9. The van der Waals surface area contributed by atoms with E-state index in [1.54, 1.807) is 24.3 Å². The average molecular weight is 395 g/mol. The predicted octanol–water partition coefficient (Wildman–Crippen LogP) is 6.03. The summed E-state index contributed by atoms with van der Waals surface area (Å²) in [5, 5.41) is 0.498. The highest BCUT2D eigenvalue weighted by Crippen LogP contribution is 2.33. The second kappa shape index (κ2) is 6.30. The van der Waals surface area contributed by atoms with Gasteiger partial charge in [0.1, 0.15) is 17.2 Å². The van der Waals surface area contributed by atoms with Crippen LogP contribution in [0.1, 0.15) is 0 Å². The standard InChI is InChI=1S/C21H12BrFO2/c22-18-10-17-19(24)12-20(14-4-2-1-3-5-14)25-21(17)11-16(18)13-6-8-15(23)9-7-13/h1-12H. The Morgan fingerprint density at radius 2 is 1.56 bits per heavy atom. The molecule has 0 radical (unpaired) electrons. The lowest BCUT2D eigenvalue weighted by molar-refractivity contribution is 0.619. The largest absolute Gasteiger partial charge is 0.456 e. The van der Waals surface area contributed by atoms with Crippen LogP contribution in [-0.2, 0) is 0 Å². The maximum Gasteiger partial charge on any atom is 0.193 e. The van der Waals surface area contributed by atoms with Crippen molar-refractivity contribution in [3.05, 3.63) is 93.3 Å². The number of fused-ring (bicyclic) bond motifs is 1. The fourth-order valence-corrected chi connectivity index (χ4v) is 3.34. The van der Waals surface area contributed by atoms with E-state index in [0.29, 0.717) is 16.7 Å². The molecule has 25 heavy (non-hydrogen) atoms. The van der Waals surface area contributed by atoms with Crippen molar-refractivity contribution in [2.24, 2.45) is 0 Å². The number of halogens is 2. The molecule has 4 heteroatoms. The van der Waals surface area contributed by atoms with Gasteiger partial charge in [-0.05, 0) is 35.4 Å². The Morgan fingerprint density at radius 3 is 2.28 bits per heavy atom. The van der Waals surface area contributed by atoms with Crippen LogP contribution in [0.4, 0.5) is 4.39 Å². The average Bonchev–Trinajstić information content (AvgIpc) is 2.63. The molecule has 4 rings (SSSR count). The van der Waals surface area contributed by atoms with E-state index >= 15 is 0 Å². The van der Waals surface area contributed by atoms with Gasteiger partial charge in [0.25, 0.3) is 0 Å². The summed E-state index contributed by atoms with van der Waals surface area (Å²) in [6.07, 6.45) is 0. The van der Waals surface area contributed by atoms with Crippen molar-refractivity contribution >= 4 is 26.9 Å². The molecule has 0 saturated carbocycles. The van der Waals surface area contributed by atoms with Gasteiger partial charge in [-0.15, -0.1) is 0 Å². The Labute approximate surface area is 151 Å². The van der Waals surface area contributed by atoms with Gasteiger partial charge in [0.2, 0.25) is 0 Å². The highest BCUT2D eigenvalue weighted by molar-refractivity contribution is 9.10. The molecular weight excluding hydrogens is 383 g/mol. The van der Waals surface area contributed by atoms with Gasteiger partial charge in [0, 0.05) is 16.1 Å². The molecule has 2 nitrogen and oxygen atoms in total. The first-order valence-electron chi connectivity index (χ1n) is 7.70. The van der Waals surface area contributed by atoms with Crippen LogP contribution in [0.5, 0.6) is 0 Å². The van der Waals surface area contributed by atoms with Crippen LogP contribution < -0.4 is 5.43 Å². The van der Waals surface area contributed by atoms with Gasteiger partial charge >= 0.3 is 0 Å². The first-order valence-corrected chi connectivity index (χ1v) is 8.50. The van der Waals surface area contributed by atoms with E-state index in [9.17, 15) is 9.18 Å². The highest BCUT2D eigenvalue weighted by Gasteiger charge is 2.12. The van der Waals surface area contributed by atoms with E-state index in [0.717, 1.165) is 21.2 Å². The van der Waals surface area contributed by atoms with Crippen LogP contribution in [0.15, 0.2) is 86.5 Å². The van der Waals surface area contributed by atoms with E-state index < -0.39 is 0 Å². The summed E-state index contributed by atoms with van der Waals surface area (Å²) >= 11 is 3.50. The van der Waals surface area contributed by atoms with Crippen LogP contribution in [-0.4, -0.2) is 0 Å². The maximum atomic E-state index is 13.2. The molecule has 0 spiro atoms. The van der Waals surface area contributed by atoms with Gasteiger partial charge in [-0.3, -0.25) is 4.79 Å². The smallest absolute Gasteiger partial charge is 0.193 e. The summed E-state index contributed by atoms with van der Waals surface area (Å²) in [6.45, 7) is 0. The third-order valence-corrected chi connectivity index (χ3v) is 4.69. The van der Waals surface area contributed by atoms with Crippen molar-refractivity contribution in [2.75, 3.05) is 0 Å². The van der Waals surface area contributed by atoms with Crippen LogP contribution in [0, 0.1) is 5.82 Å². The molecule has 0 amide bonds. The molecule has 0 saturated heterocycles. The van der Waals surface area contributed by atoms with Crippen molar-refractivity contribution in [3.63, 3.8) is 0 Å². The SMILES string of the molecule is O=c1cc(-c2ccccc2)oc2cc(-c3ccc(F)cc3)c(Br)cc12. The van der Waals surface area contributed by atoms with Gasteiger partial charge in [-0.2, -0.15) is 0 Å². The normalized spacial score (nSPS) is 11.0. The molecule has 3 aromatic carbocycles. The van der Waals surface area contributed by atoms with E-state index in [2.05, 4.69) is 15.9 Å². The topological polar surface area (TPSA) is 30.2 Å². The molecule has 0 aliphatic carbocycles. The summed E-state index contributed by atoms with van der Waals surface area (Å²) in [6, 6.07) is 20.7. The lowest BCUT2D eigenvalue weighted by Crippen LogP contribution is -2.01. The fourth-order valence-electron chi connectivity index (χ4n) is 2.77. The summed E-state index contributed by atoms with van der Waals surface area (Å²) in [4.78, 5) is 12.5. The second-order valence-corrected chi connectivity index (χ2v) is 6.53. The molecule has 1 heterocycles. The van der Waals surface area contributed by atoms with Gasteiger partial charge in [-0.25, -0.2) is 4.39 Å². The quantitative estimate of drug-likeness (QED) is 0.415. The zero-order valence-corrected chi connectivity index (χ0v) is 14.6. The predicted molar refractivity (Wildman–Crippen MR) is 101 cm³/mol. The van der Waals surface area contributed by atoms with E-state index in [1.165, 1.54) is 18.2 Å². The third kappa shape index (κ3) is 3.01. The van der Waals surface area contributed by atoms with Crippen molar-refractivity contribution in [3.8, 4) is 22.5 Å². The lowest BCUT2D eigenvalue weighted by atomic mass is 10.0. The minimum absolute atomic E-state index is 0.105. The summed E-state index contributed by atoms with van der Waals surface area (Å²) in [5.41, 5.74) is 2.90. The third-order valence-electron chi connectivity index (χ3n) is 4.03. The van der Waals surface area contributed by atoms with E-state index in [-0.39, 0.29) is 11.2 Å². The molecule has 0 fully saturated rings. The van der Waals surface area contributed by atoms with Crippen LogP contribution in [0.3, 0.4) is 0 Å². The Kier molecular flexibility index (Phi) is 3.98. The zero-order valence-electron chi connectivity index (χ0n) is 13.0.